The Morgan fingerprint density at radius 2 is 1.86 bits per heavy atom. The molecule has 0 fully saturated rings. The number of aromatic nitrogens is 1. The van der Waals surface area contributed by atoms with Crippen LogP contribution in [-0.4, -0.2) is 13.4 Å². The predicted molar refractivity (Wildman–Crippen MR) is 83.8 cm³/mol. The van der Waals surface area contributed by atoms with E-state index in [1.54, 1.807) is 18.2 Å². The minimum absolute atomic E-state index is 0.0907. The molecular weight excluding hydrogens is 308 g/mol. The number of hydrogen-bond donors (Lipinski definition) is 2. The Hall–Kier alpha value is -1.82. The second-order valence-corrected chi connectivity index (χ2v) is 6.75. The normalized spacial score (nSPS) is 11.9. The third kappa shape index (κ3) is 2.81. The van der Waals surface area contributed by atoms with Crippen LogP contribution in [0.1, 0.15) is 5.56 Å². The van der Waals surface area contributed by atoms with Gasteiger partial charge in [-0.15, -0.1) is 0 Å². The molecule has 1 aromatic heterocycles. The number of halogens is 1. The lowest BCUT2D eigenvalue weighted by atomic mass is 10.1. The van der Waals surface area contributed by atoms with Crippen LogP contribution < -0.4 is 4.72 Å². The summed E-state index contributed by atoms with van der Waals surface area (Å²) >= 11 is 5.94. The van der Waals surface area contributed by atoms with Gasteiger partial charge in [0.2, 0.25) is 10.0 Å². The molecule has 0 atom stereocenters. The van der Waals surface area contributed by atoms with Crippen molar-refractivity contribution < 1.29 is 8.42 Å². The van der Waals surface area contributed by atoms with Crippen LogP contribution in [0.25, 0.3) is 10.9 Å². The molecule has 0 bridgehead atoms. The molecule has 6 heteroatoms. The fourth-order valence-electron chi connectivity index (χ4n) is 2.22. The minimum Gasteiger partial charge on any atom is -0.361 e. The Bertz CT molecular complexity index is 887. The number of benzene rings is 2. The molecule has 2 aromatic carbocycles. The molecule has 0 unspecified atom stereocenters. The van der Waals surface area contributed by atoms with Crippen molar-refractivity contribution >= 4 is 32.5 Å². The summed E-state index contributed by atoms with van der Waals surface area (Å²) in [4.78, 5) is 3.19. The van der Waals surface area contributed by atoms with Crippen molar-refractivity contribution in [2.24, 2.45) is 0 Å². The van der Waals surface area contributed by atoms with Crippen molar-refractivity contribution in [1.82, 2.24) is 9.71 Å². The summed E-state index contributed by atoms with van der Waals surface area (Å²) in [6.45, 7) is 0.211. The summed E-state index contributed by atoms with van der Waals surface area (Å²) in [5.41, 5.74) is 1.88. The van der Waals surface area contributed by atoms with E-state index in [1.807, 2.05) is 30.5 Å². The molecule has 0 aliphatic heterocycles. The van der Waals surface area contributed by atoms with Crippen LogP contribution in [-0.2, 0) is 16.6 Å². The summed E-state index contributed by atoms with van der Waals surface area (Å²) < 4.78 is 27.2. The lowest BCUT2D eigenvalue weighted by molar-refractivity contribution is 0.581. The van der Waals surface area contributed by atoms with Gasteiger partial charge < -0.3 is 4.98 Å². The average Bonchev–Trinajstić information content (AvgIpc) is 2.94. The zero-order valence-electron chi connectivity index (χ0n) is 11.0. The van der Waals surface area contributed by atoms with E-state index in [4.69, 9.17) is 11.6 Å². The van der Waals surface area contributed by atoms with Crippen molar-refractivity contribution in [3.63, 3.8) is 0 Å². The van der Waals surface area contributed by atoms with E-state index in [9.17, 15) is 8.42 Å². The Labute approximate surface area is 127 Å². The summed E-state index contributed by atoms with van der Waals surface area (Å²) in [6.07, 6.45) is 1.83. The van der Waals surface area contributed by atoms with Gasteiger partial charge in [-0.2, -0.15) is 0 Å². The average molecular weight is 321 g/mol. The van der Waals surface area contributed by atoms with Crippen LogP contribution in [0.3, 0.4) is 0 Å². The molecule has 4 nitrogen and oxygen atoms in total. The highest BCUT2D eigenvalue weighted by Gasteiger charge is 2.17. The van der Waals surface area contributed by atoms with Gasteiger partial charge in [-0.3, -0.25) is 0 Å². The standard InChI is InChI=1S/C15H13ClN2O2S/c16-13-5-1-2-7-15(13)21(19,20)18-10-11-4-3-6-14-12(11)8-9-17-14/h1-9,17-18H,10H2. The molecule has 0 aliphatic rings. The predicted octanol–water partition coefficient (Wildman–Crippen LogP) is 3.30. The second-order valence-electron chi connectivity index (χ2n) is 4.61. The third-order valence-corrected chi connectivity index (χ3v) is 5.17. The zero-order valence-corrected chi connectivity index (χ0v) is 12.6. The number of fused-ring (bicyclic) bond motifs is 1. The molecule has 0 saturated carbocycles. The maximum Gasteiger partial charge on any atom is 0.242 e. The summed E-state index contributed by atoms with van der Waals surface area (Å²) in [5, 5.41) is 1.21. The highest BCUT2D eigenvalue weighted by Crippen LogP contribution is 2.22. The maximum atomic E-state index is 12.3. The number of rotatable bonds is 4. The first-order valence-corrected chi connectivity index (χ1v) is 8.23. The van der Waals surface area contributed by atoms with E-state index in [1.165, 1.54) is 6.07 Å². The zero-order chi connectivity index (χ0) is 14.9. The SMILES string of the molecule is O=S(=O)(NCc1cccc2[nH]ccc12)c1ccccc1Cl. The van der Waals surface area contributed by atoms with Gasteiger partial charge in [0.1, 0.15) is 4.90 Å². The quantitative estimate of drug-likeness (QED) is 0.774. The van der Waals surface area contributed by atoms with Crippen LogP contribution in [0.15, 0.2) is 59.6 Å². The summed E-state index contributed by atoms with van der Waals surface area (Å²) in [5.74, 6) is 0. The van der Waals surface area contributed by atoms with Crippen LogP contribution in [0.2, 0.25) is 5.02 Å². The molecule has 0 aliphatic carbocycles. The number of H-pyrrole nitrogens is 1. The molecule has 3 rings (SSSR count). The third-order valence-electron chi connectivity index (χ3n) is 3.26. The van der Waals surface area contributed by atoms with Crippen LogP contribution in [0, 0.1) is 0 Å². The molecule has 0 saturated heterocycles. The van der Waals surface area contributed by atoms with E-state index in [0.29, 0.717) is 0 Å². The van der Waals surface area contributed by atoms with Crippen LogP contribution in [0.4, 0.5) is 0 Å². The van der Waals surface area contributed by atoms with Gasteiger partial charge in [0.05, 0.1) is 5.02 Å². The highest BCUT2D eigenvalue weighted by molar-refractivity contribution is 7.89. The van der Waals surface area contributed by atoms with Gasteiger partial charge in [-0.1, -0.05) is 35.9 Å². The lowest BCUT2D eigenvalue weighted by Crippen LogP contribution is -2.23. The van der Waals surface area contributed by atoms with E-state index in [-0.39, 0.29) is 16.5 Å². The number of nitrogens with one attached hydrogen (secondary N) is 2. The minimum atomic E-state index is -3.63. The second kappa shape index (κ2) is 5.52. The van der Waals surface area contributed by atoms with Crippen molar-refractivity contribution in [3.05, 3.63) is 65.3 Å². The molecule has 1 heterocycles. The van der Waals surface area contributed by atoms with Gasteiger partial charge in [-0.05, 0) is 29.8 Å². The lowest BCUT2D eigenvalue weighted by Gasteiger charge is -2.09. The molecule has 108 valence electrons. The molecular formula is C15H13ClN2O2S. The van der Waals surface area contributed by atoms with E-state index >= 15 is 0 Å². The molecule has 21 heavy (non-hydrogen) atoms. The highest BCUT2D eigenvalue weighted by atomic mass is 35.5. The van der Waals surface area contributed by atoms with Gasteiger partial charge >= 0.3 is 0 Å². The van der Waals surface area contributed by atoms with Gasteiger partial charge in [0.25, 0.3) is 0 Å². The number of hydrogen-bond acceptors (Lipinski definition) is 2. The molecule has 0 radical (unpaired) electrons. The van der Waals surface area contributed by atoms with Crippen LogP contribution >= 0.6 is 11.6 Å². The topological polar surface area (TPSA) is 62.0 Å². The van der Waals surface area contributed by atoms with Gasteiger partial charge in [0.15, 0.2) is 0 Å². The Morgan fingerprint density at radius 3 is 2.67 bits per heavy atom. The summed E-state index contributed by atoms with van der Waals surface area (Å²) in [6, 6.07) is 14.0. The first-order chi connectivity index (χ1) is 10.1. The van der Waals surface area contributed by atoms with E-state index < -0.39 is 10.0 Å². The number of sulfonamides is 1. The first-order valence-electron chi connectivity index (χ1n) is 6.37. The molecule has 0 amide bonds. The monoisotopic (exact) mass is 320 g/mol. The van der Waals surface area contributed by atoms with Crippen LogP contribution in [0.5, 0.6) is 0 Å². The van der Waals surface area contributed by atoms with Crippen molar-refractivity contribution in [2.45, 2.75) is 11.4 Å². The number of aromatic amines is 1. The van der Waals surface area contributed by atoms with Crippen molar-refractivity contribution in [3.8, 4) is 0 Å². The Balaban J connectivity index is 1.88. The fourth-order valence-corrected chi connectivity index (χ4v) is 3.74. The Morgan fingerprint density at radius 1 is 1.05 bits per heavy atom. The maximum absolute atomic E-state index is 12.3. The molecule has 2 N–H and O–H groups in total. The smallest absolute Gasteiger partial charge is 0.242 e. The largest absolute Gasteiger partial charge is 0.361 e. The molecule has 3 aromatic rings. The Kier molecular flexibility index (Phi) is 3.71. The van der Waals surface area contributed by atoms with E-state index in [2.05, 4.69) is 9.71 Å². The van der Waals surface area contributed by atoms with Crippen molar-refractivity contribution in [1.29, 1.82) is 0 Å². The molecule has 0 spiro atoms. The van der Waals surface area contributed by atoms with Crippen molar-refractivity contribution in [2.75, 3.05) is 0 Å². The van der Waals surface area contributed by atoms with E-state index in [0.717, 1.165) is 16.5 Å². The fraction of sp³-hybridized carbons (Fsp3) is 0.0667. The summed E-state index contributed by atoms with van der Waals surface area (Å²) in [7, 11) is -3.63. The first kappa shape index (κ1) is 14.1. The van der Waals surface area contributed by atoms with Gasteiger partial charge in [-0.25, -0.2) is 13.1 Å². The van der Waals surface area contributed by atoms with Gasteiger partial charge in [0, 0.05) is 23.6 Å².